The molecule has 0 fully saturated rings. The van der Waals surface area contributed by atoms with Crippen LogP contribution in [-0.4, -0.2) is 10.1 Å². The first-order valence-electron chi connectivity index (χ1n) is 5.99. The van der Waals surface area contributed by atoms with Gasteiger partial charge >= 0.3 is 0 Å². The Hall–Kier alpha value is -1.84. The number of rotatable bonds is 2. The van der Waals surface area contributed by atoms with Gasteiger partial charge in [0.2, 0.25) is 5.82 Å². The molecule has 0 atom stereocenters. The molecule has 2 aromatic carbocycles. The zero-order valence-electron chi connectivity index (χ0n) is 10.6. The van der Waals surface area contributed by atoms with Crippen molar-refractivity contribution in [3.63, 3.8) is 0 Å². The van der Waals surface area contributed by atoms with Crippen molar-refractivity contribution in [2.45, 2.75) is 6.92 Å². The molecule has 0 radical (unpaired) electrons. The van der Waals surface area contributed by atoms with E-state index in [2.05, 4.69) is 10.1 Å². The number of aromatic nitrogens is 2. The van der Waals surface area contributed by atoms with Gasteiger partial charge in [-0.05, 0) is 37.3 Å². The van der Waals surface area contributed by atoms with Crippen LogP contribution in [0.15, 0.2) is 47.0 Å². The van der Waals surface area contributed by atoms with Gasteiger partial charge in [-0.2, -0.15) is 4.98 Å². The van der Waals surface area contributed by atoms with Crippen LogP contribution in [0.1, 0.15) is 5.56 Å². The molecule has 0 saturated carbocycles. The second kappa shape index (κ2) is 5.27. The van der Waals surface area contributed by atoms with Crippen molar-refractivity contribution in [3.8, 4) is 22.8 Å². The van der Waals surface area contributed by atoms with Crippen LogP contribution >= 0.6 is 23.2 Å². The minimum Gasteiger partial charge on any atom is -0.334 e. The maximum absolute atomic E-state index is 6.13. The summed E-state index contributed by atoms with van der Waals surface area (Å²) in [5.41, 5.74) is 2.74. The lowest BCUT2D eigenvalue weighted by atomic mass is 10.1. The summed E-state index contributed by atoms with van der Waals surface area (Å²) < 4.78 is 5.28. The molecular formula is C15H10Cl2N2O. The predicted molar refractivity (Wildman–Crippen MR) is 79.9 cm³/mol. The van der Waals surface area contributed by atoms with Crippen LogP contribution in [0, 0.1) is 6.92 Å². The fourth-order valence-corrected chi connectivity index (χ4v) is 2.31. The summed E-state index contributed by atoms with van der Waals surface area (Å²) in [5.74, 6) is 0.910. The number of halogens is 2. The smallest absolute Gasteiger partial charge is 0.258 e. The molecule has 5 heteroatoms. The zero-order valence-corrected chi connectivity index (χ0v) is 12.1. The molecule has 100 valence electrons. The largest absolute Gasteiger partial charge is 0.334 e. The first-order valence-corrected chi connectivity index (χ1v) is 6.75. The summed E-state index contributed by atoms with van der Waals surface area (Å²) in [6, 6.07) is 13.0. The summed E-state index contributed by atoms with van der Waals surface area (Å²) >= 11 is 12.0. The Morgan fingerprint density at radius 1 is 1.00 bits per heavy atom. The van der Waals surface area contributed by atoms with E-state index in [-0.39, 0.29) is 0 Å². The molecule has 1 heterocycles. The first kappa shape index (κ1) is 13.2. The molecule has 20 heavy (non-hydrogen) atoms. The Labute approximate surface area is 126 Å². The highest BCUT2D eigenvalue weighted by molar-refractivity contribution is 6.36. The molecule has 0 aliphatic carbocycles. The number of hydrogen-bond acceptors (Lipinski definition) is 3. The molecule has 0 unspecified atom stereocenters. The maximum atomic E-state index is 6.13. The van der Waals surface area contributed by atoms with E-state index >= 15 is 0 Å². The average molecular weight is 305 g/mol. The Morgan fingerprint density at radius 3 is 2.45 bits per heavy atom. The zero-order chi connectivity index (χ0) is 14.1. The van der Waals surface area contributed by atoms with Gasteiger partial charge in [0, 0.05) is 16.1 Å². The van der Waals surface area contributed by atoms with E-state index in [1.807, 2.05) is 31.2 Å². The van der Waals surface area contributed by atoms with Crippen molar-refractivity contribution in [2.24, 2.45) is 0 Å². The molecular weight excluding hydrogens is 295 g/mol. The Balaban J connectivity index is 1.99. The van der Waals surface area contributed by atoms with Crippen LogP contribution in [-0.2, 0) is 0 Å². The second-order valence-corrected chi connectivity index (χ2v) is 5.26. The summed E-state index contributed by atoms with van der Waals surface area (Å²) in [7, 11) is 0. The third kappa shape index (κ3) is 2.55. The lowest BCUT2D eigenvalue weighted by molar-refractivity contribution is 0.432. The van der Waals surface area contributed by atoms with Gasteiger partial charge in [-0.15, -0.1) is 0 Å². The Bertz CT molecular complexity index is 751. The number of hydrogen-bond donors (Lipinski definition) is 0. The van der Waals surface area contributed by atoms with Crippen molar-refractivity contribution in [1.29, 1.82) is 0 Å². The fraction of sp³-hybridized carbons (Fsp3) is 0.0667. The molecule has 0 bridgehead atoms. The molecule has 0 amide bonds. The standard InChI is InChI=1S/C15H10Cl2N2O/c1-9-2-4-10(5-3-9)15-18-14(19-20-15)12-7-6-11(16)8-13(12)17/h2-8H,1H3. The monoisotopic (exact) mass is 304 g/mol. The van der Waals surface area contributed by atoms with Gasteiger partial charge in [-0.25, -0.2) is 0 Å². The third-order valence-electron chi connectivity index (χ3n) is 2.90. The predicted octanol–water partition coefficient (Wildman–Crippen LogP) is 5.02. The van der Waals surface area contributed by atoms with E-state index in [1.54, 1.807) is 18.2 Å². The van der Waals surface area contributed by atoms with E-state index in [9.17, 15) is 0 Å². The van der Waals surface area contributed by atoms with Crippen LogP contribution in [0.4, 0.5) is 0 Å². The van der Waals surface area contributed by atoms with Crippen LogP contribution in [0.3, 0.4) is 0 Å². The van der Waals surface area contributed by atoms with E-state index in [0.717, 1.165) is 5.56 Å². The van der Waals surface area contributed by atoms with Gasteiger partial charge < -0.3 is 4.52 Å². The summed E-state index contributed by atoms with van der Waals surface area (Å²) in [6.45, 7) is 2.02. The first-order chi connectivity index (χ1) is 9.63. The summed E-state index contributed by atoms with van der Waals surface area (Å²) in [5, 5.41) is 5.03. The number of aryl methyl sites for hydroxylation is 1. The van der Waals surface area contributed by atoms with Crippen LogP contribution in [0.2, 0.25) is 10.0 Å². The molecule has 0 aliphatic heterocycles. The van der Waals surface area contributed by atoms with E-state index in [0.29, 0.717) is 27.3 Å². The van der Waals surface area contributed by atoms with E-state index < -0.39 is 0 Å². The van der Waals surface area contributed by atoms with Gasteiger partial charge in [-0.3, -0.25) is 0 Å². The SMILES string of the molecule is Cc1ccc(-c2nc(-c3ccc(Cl)cc3Cl)no2)cc1. The highest BCUT2D eigenvalue weighted by atomic mass is 35.5. The number of nitrogens with zero attached hydrogens (tertiary/aromatic N) is 2. The molecule has 3 aromatic rings. The molecule has 0 spiro atoms. The molecule has 3 rings (SSSR count). The van der Waals surface area contributed by atoms with Crippen LogP contribution in [0.5, 0.6) is 0 Å². The molecule has 1 aromatic heterocycles. The molecule has 3 nitrogen and oxygen atoms in total. The van der Waals surface area contributed by atoms with Crippen LogP contribution in [0.25, 0.3) is 22.8 Å². The normalized spacial score (nSPS) is 10.8. The van der Waals surface area contributed by atoms with Crippen molar-refractivity contribution < 1.29 is 4.52 Å². The highest BCUT2D eigenvalue weighted by Gasteiger charge is 2.13. The van der Waals surface area contributed by atoms with Crippen LogP contribution < -0.4 is 0 Å². The van der Waals surface area contributed by atoms with Gasteiger partial charge in [0.25, 0.3) is 5.89 Å². The highest BCUT2D eigenvalue weighted by Crippen LogP contribution is 2.30. The van der Waals surface area contributed by atoms with Crippen molar-refractivity contribution in [1.82, 2.24) is 10.1 Å². The van der Waals surface area contributed by atoms with Gasteiger partial charge in [-0.1, -0.05) is 46.1 Å². The molecule has 0 saturated heterocycles. The second-order valence-electron chi connectivity index (χ2n) is 4.41. The topological polar surface area (TPSA) is 38.9 Å². The van der Waals surface area contributed by atoms with Gasteiger partial charge in [0.1, 0.15) is 0 Å². The van der Waals surface area contributed by atoms with Gasteiger partial charge in [0.05, 0.1) is 5.02 Å². The van der Waals surface area contributed by atoms with Crippen molar-refractivity contribution in [2.75, 3.05) is 0 Å². The molecule has 0 aliphatic rings. The van der Waals surface area contributed by atoms with E-state index in [4.69, 9.17) is 27.7 Å². The van der Waals surface area contributed by atoms with E-state index in [1.165, 1.54) is 5.56 Å². The minimum atomic E-state index is 0.447. The summed E-state index contributed by atoms with van der Waals surface area (Å²) in [4.78, 5) is 4.37. The lowest BCUT2D eigenvalue weighted by Crippen LogP contribution is -1.83. The molecule has 0 N–H and O–H groups in total. The summed E-state index contributed by atoms with van der Waals surface area (Å²) in [6.07, 6.45) is 0. The minimum absolute atomic E-state index is 0.447. The average Bonchev–Trinajstić information content (AvgIpc) is 2.89. The Morgan fingerprint density at radius 2 is 1.75 bits per heavy atom. The maximum Gasteiger partial charge on any atom is 0.258 e. The Kier molecular flexibility index (Phi) is 3.47. The van der Waals surface area contributed by atoms with Crippen molar-refractivity contribution in [3.05, 3.63) is 58.1 Å². The lowest BCUT2D eigenvalue weighted by Gasteiger charge is -1.98. The third-order valence-corrected chi connectivity index (χ3v) is 3.44. The quantitative estimate of drug-likeness (QED) is 0.667. The van der Waals surface area contributed by atoms with Crippen molar-refractivity contribution >= 4 is 23.2 Å². The number of benzene rings is 2. The fourth-order valence-electron chi connectivity index (χ4n) is 1.82. The van der Waals surface area contributed by atoms with Gasteiger partial charge in [0.15, 0.2) is 0 Å².